The van der Waals surface area contributed by atoms with E-state index < -0.39 is 5.97 Å². The number of hydrogen-bond donors (Lipinski definition) is 0. The molecule has 0 fully saturated rings. The molecule has 0 amide bonds. The molecule has 0 radical (unpaired) electrons. The maximum atomic E-state index is 12.2. The zero-order valence-corrected chi connectivity index (χ0v) is 12.8. The average Bonchev–Trinajstić information content (AvgIpc) is 2.59. The molecule has 0 saturated carbocycles. The highest BCUT2D eigenvalue weighted by Crippen LogP contribution is 2.31. The lowest BCUT2D eigenvalue weighted by Gasteiger charge is -2.12. The molecule has 5 heteroatoms. The SMILES string of the molecule is COc1ccc(COC(=O)c2cccc(OC)c2OC)cc1. The first-order valence-corrected chi connectivity index (χ1v) is 6.70. The van der Waals surface area contributed by atoms with Gasteiger partial charge in [0.1, 0.15) is 17.9 Å². The fraction of sp³-hybridized carbons (Fsp3) is 0.235. The van der Waals surface area contributed by atoms with Crippen molar-refractivity contribution in [1.29, 1.82) is 0 Å². The molecule has 0 atom stereocenters. The number of carbonyl (C=O) groups excluding carboxylic acids is 1. The molecule has 0 saturated heterocycles. The number of para-hydroxylation sites is 1. The number of hydrogen-bond acceptors (Lipinski definition) is 5. The van der Waals surface area contributed by atoms with Crippen LogP contribution in [0.5, 0.6) is 17.2 Å². The second-order valence-electron chi connectivity index (χ2n) is 4.47. The molecule has 0 N–H and O–H groups in total. The van der Waals surface area contributed by atoms with E-state index in [1.54, 1.807) is 25.3 Å². The summed E-state index contributed by atoms with van der Waals surface area (Å²) >= 11 is 0. The van der Waals surface area contributed by atoms with Crippen LogP contribution in [0, 0.1) is 0 Å². The predicted octanol–water partition coefficient (Wildman–Crippen LogP) is 3.07. The van der Waals surface area contributed by atoms with Crippen LogP contribution in [0.1, 0.15) is 15.9 Å². The van der Waals surface area contributed by atoms with Crippen LogP contribution in [-0.2, 0) is 11.3 Å². The van der Waals surface area contributed by atoms with E-state index in [4.69, 9.17) is 18.9 Å². The topological polar surface area (TPSA) is 54.0 Å². The van der Waals surface area contributed by atoms with Crippen LogP contribution in [0.3, 0.4) is 0 Å². The summed E-state index contributed by atoms with van der Waals surface area (Å²) in [6, 6.07) is 12.4. The quantitative estimate of drug-likeness (QED) is 0.768. The van der Waals surface area contributed by atoms with E-state index in [0.29, 0.717) is 17.1 Å². The van der Waals surface area contributed by atoms with Crippen molar-refractivity contribution >= 4 is 5.97 Å². The largest absolute Gasteiger partial charge is 0.497 e. The van der Waals surface area contributed by atoms with Gasteiger partial charge in [-0.1, -0.05) is 18.2 Å². The van der Waals surface area contributed by atoms with Crippen molar-refractivity contribution in [3.8, 4) is 17.2 Å². The highest BCUT2D eigenvalue weighted by molar-refractivity contribution is 5.93. The second kappa shape index (κ2) is 7.36. The monoisotopic (exact) mass is 302 g/mol. The van der Waals surface area contributed by atoms with Gasteiger partial charge in [0.25, 0.3) is 0 Å². The molecule has 2 aromatic carbocycles. The minimum absolute atomic E-state index is 0.170. The van der Waals surface area contributed by atoms with Gasteiger partial charge in [-0.15, -0.1) is 0 Å². The van der Waals surface area contributed by atoms with Crippen molar-refractivity contribution in [3.05, 3.63) is 53.6 Å². The van der Waals surface area contributed by atoms with Crippen LogP contribution in [0.25, 0.3) is 0 Å². The Morgan fingerprint density at radius 2 is 1.64 bits per heavy atom. The van der Waals surface area contributed by atoms with Crippen molar-refractivity contribution in [2.75, 3.05) is 21.3 Å². The van der Waals surface area contributed by atoms with Gasteiger partial charge in [0.2, 0.25) is 0 Å². The molecule has 2 aromatic rings. The number of methoxy groups -OCH3 is 3. The van der Waals surface area contributed by atoms with E-state index in [1.165, 1.54) is 14.2 Å². The van der Waals surface area contributed by atoms with Crippen LogP contribution in [0.15, 0.2) is 42.5 Å². The molecule has 0 aliphatic carbocycles. The van der Waals surface area contributed by atoms with E-state index in [2.05, 4.69) is 0 Å². The third kappa shape index (κ3) is 3.49. The number of esters is 1. The molecule has 0 spiro atoms. The minimum Gasteiger partial charge on any atom is -0.497 e. The normalized spacial score (nSPS) is 9.95. The third-order valence-corrected chi connectivity index (χ3v) is 3.15. The third-order valence-electron chi connectivity index (χ3n) is 3.15. The zero-order valence-electron chi connectivity index (χ0n) is 12.8. The lowest BCUT2D eigenvalue weighted by molar-refractivity contribution is 0.0468. The zero-order chi connectivity index (χ0) is 15.9. The van der Waals surface area contributed by atoms with Gasteiger partial charge in [-0.3, -0.25) is 0 Å². The summed E-state index contributed by atoms with van der Waals surface area (Å²) in [6.45, 7) is 0.170. The fourth-order valence-corrected chi connectivity index (χ4v) is 2.00. The highest BCUT2D eigenvalue weighted by Gasteiger charge is 2.17. The molecule has 2 rings (SSSR count). The Morgan fingerprint density at radius 3 is 2.23 bits per heavy atom. The summed E-state index contributed by atoms with van der Waals surface area (Å²) < 4.78 is 20.8. The summed E-state index contributed by atoms with van der Waals surface area (Å²) in [7, 11) is 4.60. The van der Waals surface area contributed by atoms with Crippen molar-refractivity contribution in [3.63, 3.8) is 0 Å². The van der Waals surface area contributed by atoms with E-state index in [0.717, 1.165) is 11.3 Å². The van der Waals surface area contributed by atoms with Crippen molar-refractivity contribution in [1.82, 2.24) is 0 Å². The summed E-state index contributed by atoms with van der Waals surface area (Å²) in [5.41, 5.74) is 1.20. The molecule has 0 aromatic heterocycles. The van der Waals surface area contributed by atoms with E-state index in [9.17, 15) is 4.79 Å². The maximum Gasteiger partial charge on any atom is 0.342 e. The molecule has 0 unspecified atom stereocenters. The van der Waals surface area contributed by atoms with Crippen LogP contribution in [0.2, 0.25) is 0 Å². The lowest BCUT2D eigenvalue weighted by Crippen LogP contribution is -2.08. The first kappa shape index (κ1) is 15.7. The van der Waals surface area contributed by atoms with Gasteiger partial charge < -0.3 is 18.9 Å². The predicted molar refractivity (Wildman–Crippen MR) is 81.7 cm³/mol. The number of carbonyl (C=O) groups is 1. The summed E-state index contributed by atoms with van der Waals surface area (Å²) in [5.74, 6) is 1.14. The average molecular weight is 302 g/mol. The van der Waals surface area contributed by atoms with Gasteiger partial charge >= 0.3 is 5.97 Å². The van der Waals surface area contributed by atoms with Gasteiger partial charge in [0, 0.05) is 0 Å². The van der Waals surface area contributed by atoms with Crippen molar-refractivity contribution < 1.29 is 23.7 Å². The highest BCUT2D eigenvalue weighted by atomic mass is 16.5. The van der Waals surface area contributed by atoms with Gasteiger partial charge in [-0.25, -0.2) is 4.79 Å². The van der Waals surface area contributed by atoms with Crippen LogP contribution < -0.4 is 14.2 Å². The summed E-state index contributed by atoms with van der Waals surface area (Å²) in [4.78, 5) is 12.2. The minimum atomic E-state index is -0.466. The summed E-state index contributed by atoms with van der Waals surface area (Å²) in [5, 5.41) is 0. The van der Waals surface area contributed by atoms with E-state index in [-0.39, 0.29) is 6.61 Å². The van der Waals surface area contributed by atoms with Gasteiger partial charge in [0.15, 0.2) is 11.5 Å². The maximum absolute atomic E-state index is 12.2. The van der Waals surface area contributed by atoms with E-state index in [1.807, 2.05) is 24.3 Å². The van der Waals surface area contributed by atoms with Gasteiger partial charge in [0.05, 0.1) is 21.3 Å². The Balaban J connectivity index is 2.08. The number of rotatable bonds is 6. The summed E-state index contributed by atoms with van der Waals surface area (Å²) in [6.07, 6.45) is 0. The van der Waals surface area contributed by atoms with Crippen molar-refractivity contribution in [2.45, 2.75) is 6.61 Å². The second-order valence-corrected chi connectivity index (χ2v) is 4.47. The molecular formula is C17H18O5. The molecule has 0 heterocycles. The van der Waals surface area contributed by atoms with Crippen LogP contribution in [-0.4, -0.2) is 27.3 Å². The van der Waals surface area contributed by atoms with E-state index >= 15 is 0 Å². The Kier molecular flexibility index (Phi) is 5.25. The van der Waals surface area contributed by atoms with Gasteiger partial charge in [-0.05, 0) is 29.8 Å². The lowest BCUT2D eigenvalue weighted by atomic mass is 10.2. The molecule has 0 aliphatic rings. The molecule has 116 valence electrons. The number of ether oxygens (including phenoxy) is 4. The smallest absolute Gasteiger partial charge is 0.342 e. The first-order chi connectivity index (χ1) is 10.7. The Morgan fingerprint density at radius 1 is 0.909 bits per heavy atom. The first-order valence-electron chi connectivity index (χ1n) is 6.70. The molecule has 22 heavy (non-hydrogen) atoms. The Bertz CT molecular complexity index is 634. The molecule has 0 aliphatic heterocycles. The molecule has 5 nitrogen and oxygen atoms in total. The Hall–Kier alpha value is -2.69. The Labute approximate surface area is 129 Å². The van der Waals surface area contributed by atoms with Crippen molar-refractivity contribution in [2.24, 2.45) is 0 Å². The standard InChI is InChI=1S/C17H18O5/c1-19-13-9-7-12(8-10-13)11-22-17(18)14-5-4-6-15(20-2)16(14)21-3/h4-10H,11H2,1-3H3. The van der Waals surface area contributed by atoms with Crippen LogP contribution >= 0.6 is 0 Å². The molecule has 0 bridgehead atoms. The van der Waals surface area contributed by atoms with Crippen LogP contribution in [0.4, 0.5) is 0 Å². The molecular weight excluding hydrogens is 284 g/mol. The van der Waals surface area contributed by atoms with Gasteiger partial charge in [-0.2, -0.15) is 0 Å². The fourth-order valence-electron chi connectivity index (χ4n) is 2.00. The number of benzene rings is 2.